The van der Waals surface area contributed by atoms with Crippen LogP contribution >= 0.6 is 0 Å². The van der Waals surface area contributed by atoms with Crippen LogP contribution in [0.15, 0.2) is 72.0 Å². The van der Waals surface area contributed by atoms with Gasteiger partial charge >= 0.3 is 0 Å². The van der Waals surface area contributed by atoms with Crippen molar-refractivity contribution in [1.82, 2.24) is 0 Å². The Morgan fingerprint density at radius 2 is 1.65 bits per heavy atom. The summed E-state index contributed by atoms with van der Waals surface area (Å²) >= 11 is 0. The highest BCUT2D eigenvalue weighted by Crippen LogP contribution is 2.33. The molecule has 0 bridgehead atoms. The Balaban J connectivity index is 2.16. The van der Waals surface area contributed by atoms with Crippen LogP contribution in [0.2, 0.25) is 0 Å². The number of rotatable bonds is 4. The van der Waals surface area contributed by atoms with Crippen LogP contribution in [-0.2, 0) is 9.53 Å². The molecule has 3 rings (SSSR count). The summed E-state index contributed by atoms with van der Waals surface area (Å²) < 4.78 is 5.93. The average Bonchev–Trinajstić information content (AvgIpc) is 2.61. The van der Waals surface area contributed by atoms with Crippen molar-refractivity contribution in [2.75, 3.05) is 6.61 Å². The molecule has 0 radical (unpaired) electrons. The summed E-state index contributed by atoms with van der Waals surface area (Å²) in [7, 11) is 0. The maximum atomic E-state index is 12.0. The van der Waals surface area contributed by atoms with Crippen molar-refractivity contribution >= 4 is 17.4 Å². The summed E-state index contributed by atoms with van der Waals surface area (Å²) in [6.45, 7) is 2.28. The van der Waals surface area contributed by atoms with Gasteiger partial charge in [0.15, 0.2) is 5.78 Å². The zero-order valence-electron chi connectivity index (χ0n) is 13.3. The minimum absolute atomic E-state index is 0.0922. The molecule has 1 heterocycles. The van der Waals surface area contributed by atoms with E-state index in [9.17, 15) is 4.79 Å². The highest BCUT2D eigenvalue weighted by molar-refractivity contribution is 6.00. The van der Waals surface area contributed by atoms with E-state index >= 15 is 0 Å². The van der Waals surface area contributed by atoms with Crippen molar-refractivity contribution in [3.8, 4) is 0 Å². The normalized spacial score (nSPS) is 15.3. The van der Waals surface area contributed by atoms with E-state index in [4.69, 9.17) is 4.74 Å². The molecular formula is C21H20O2. The number of hydrogen-bond donors (Lipinski definition) is 0. The van der Waals surface area contributed by atoms with Crippen LogP contribution in [0.1, 0.15) is 30.9 Å². The van der Waals surface area contributed by atoms with Crippen LogP contribution in [0.4, 0.5) is 0 Å². The minimum atomic E-state index is 0.0922. The number of hydrogen-bond acceptors (Lipinski definition) is 2. The van der Waals surface area contributed by atoms with Gasteiger partial charge in [0.25, 0.3) is 0 Å². The number of ether oxygens (including phenoxy) is 1. The van der Waals surface area contributed by atoms with Gasteiger partial charge in [-0.3, -0.25) is 4.79 Å². The molecule has 116 valence electrons. The fourth-order valence-corrected chi connectivity index (χ4v) is 2.81. The highest BCUT2D eigenvalue weighted by Gasteiger charge is 2.21. The topological polar surface area (TPSA) is 26.3 Å². The Labute approximate surface area is 137 Å². The van der Waals surface area contributed by atoms with Crippen molar-refractivity contribution in [3.05, 3.63) is 83.1 Å². The fourth-order valence-electron chi connectivity index (χ4n) is 2.81. The molecule has 2 aromatic rings. The Hall–Kier alpha value is -2.61. The number of benzene rings is 2. The van der Waals surface area contributed by atoms with Crippen LogP contribution in [0.5, 0.6) is 0 Å². The second kappa shape index (κ2) is 7.10. The molecule has 0 N–H and O–H groups in total. The zero-order valence-corrected chi connectivity index (χ0v) is 13.3. The Kier molecular flexibility index (Phi) is 4.72. The Morgan fingerprint density at radius 3 is 2.30 bits per heavy atom. The number of Topliss-reactive ketones (excluding diaryl/α,β-unsaturated/α-hetero) is 1. The molecule has 2 nitrogen and oxygen atoms in total. The van der Waals surface area contributed by atoms with Crippen molar-refractivity contribution in [3.63, 3.8) is 0 Å². The quantitative estimate of drug-likeness (QED) is 0.752. The molecule has 0 atom stereocenters. The third-order valence-corrected chi connectivity index (χ3v) is 3.96. The number of allylic oxidation sites excluding steroid dienone is 2. The Bertz CT molecular complexity index is 740. The molecule has 23 heavy (non-hydrogen) atoms. The van der Waals surface area contributed by atoms with Gasteiger partial charge in [0, 0.05) is 11.1 Å². The van der Waals surface area contributed by atoms with Gasteiger partial charge in [-0.2, -0.15) is 0 Å². The van der Waals surface area contributed by atoms with Gasteiger partial charge in [0.2, 0.25) is 0 Å². The van der Waals surface area contributed by atoms with Gasteiger partial charge in [0.05, 0.1) is 6.61 Å². The van der Waals surface area contributed by atoms with Crippen LogP contribution in [0, 0.1) is 0 Å². The molecule has 2 aromatic carbocycles. The monoisotopic (exact) mass is 304 g/mol. The summed E-state index contributed by atoms with van der Waals surface area (Å²) in [6.07, 6.45) is 3.77. The summed E-state index contributed by atoms with van der Waals surface area (Å²) in [5.41, 5.74) is 3.92. The van der Waals surface area contributed by atoms with Crippen molar-refractivity contribution in [2.45, 2.75) is 19.8 Å². The van der Waals surface area contributed by atoms with Crippen LogP contribution in [-0.4, -0.2) is 12.4 Å². The molecule has 0 amide bonds. The van der Waals surface area contributed by atoms with Crippen LogP contribution in [0.3, 0.4) is 0 Å². The number of carbonyl (C=O) groups excluding carboxylic acids is 1. The van der Waals surface area contributed by atoms with E-state index in [1.54, 1.807) is 6.92 Å². The number of ketones is 1. The molecule has 0 spiro atoms. The van der Waals surface area contributed by atoms with E-state index in [1.807, 2.05) is 36.4 Å². The van der Waals surface area contributed by atoms with E-state index in [2.05, 4.69) is 30.3 Å². The third-order valence-electron chi connectivity index (χ3n) is 3.96. The molecule has 0 unspecified atom stereocenters. The predicted octanol–water partition coefficient (Wildman–Crippen LogP) is 4.88. The standard InChI is InChI=1S/C21H20O2/c1-16(22)19-13-8-14-23-21(19)20(18-11-6-3-7-12-18)15-17-9-4-2-5-10-17/h2-7,9-12,15H,8,13-14H2,1H3. The minimum Gasteiger partial charge on any atom is -0.493 e. The first kappa shape index (κ1) is 15.3. The maximum Gasteiger partial charge on any atom is 0.159 e. The summed E-state index contributed by atoms with van der Waals surface area (Å²) in [6, 6.07) is 20.2. The molecule has 1 aliphatic rings. The Morgan fingerprint density at radius 1 is 1.00 bits per heavy atom. The summed E-state index contributed by atoms with van der Waals surface area (Å²) in [5.74, 6) is 0.827. The molecule has 0 saturated heterocycles. The van der Waals surface area contributed by atoms with Gasteiger partial charge in [-0.1, -0.05) is 60.7 Å². The molecule has 2 heteroatoms. The molecule has 0 aliphatic carbocycles. The first-order valence-electron chi connectivity index (χ1n) is 7.95. The largest absolute Gasteiger partial charge is 0.493 e. The van der Waals surface area contributed by atoms with Crippen LogP contribution in [0.25, 0.3) is 11.6 Å². The van der Waals surface area contributed by atoms with Gasteiger partial charge in [0.1, 0.15) is 5.76 Å². The molecular weight excluding hydrogens is 284 g/mol. The first-order valence-corrected chi connectivity index (χ1v) is 7.95. The van der Waals surface area contributed by atoms with E-state index in [0.717, 1.165) is 40.9 Å². The lowest BCUT2D eigenvalue weighted by molar-refractivity contribution is -0.114. The maximum absolute atomic E-state index is 12.0. The molecule has 1 aliphatic heterocycles. The molecule has 0 saturated carbocycles. The predicted molar refractivity (Wildman–Crippen MR) is 93.6 cm³/mol. The van der Waals surface area contributed by atoms with Crippen molar-refractivity contribution in [2.24, 2.45) is 0 Å². The van der Waals surface area contributed by atoms with Crippen molar-refractivity contribution < 1.29 is 9.53 Å². The third kappa shape index (κ3) is 3.59. The number of carbonyl (C=O) groups is 1. The van der Waals surface area contributed by atoms with Gasteiger partial charge in [-0.25, -0.2) is 0 Å². The molecule has 0 fully saturated rings. The van der Waals surface area contributed by atoms with E-state index in [0.29, 0.717) is 6.61 Å². The first-order chi connectivity index (χ1) is 11.3. The average molecular weight is 304 g/mol. The lowest BCUT2D eigenvalue weighted by Gasteiger charge is -2.22. The van der Waals surface area contributed by atoms with E-state index in [1.165, 1.54) is 0 Å². The summed E-state index contributed by atoms with van der Waals surface area (Å²) in [5, 5.41) is 0. The second-order valence-electron chi connectivity index (χ2n) is 5.65. The zero-order chi connectivity index (χ0) is 16.1. The van der Waals surface area contributed by atoms with Gasteiger partial charge < -0.3 is 4.74 Å². The highest BCUT2D eigenvalue weighted by atomic mass is 16.5. The van der Waals surface area contributed by atoms with Crippen LogP contribution < -0.4 is 0 Å². The van der Waals surface area contributed by atoms with Crippen molar-refractivity contribution in [1.29, 1.82) is 0 Å². The van der Waals surface area contributed by atoms with Gasteiger partial charge in [-0.15, -0.1) is 0 Å². The summed E-state index contributed by atoms with van der Waals surface area (Å²) in [4.78, 5) is 12.0. The lowest BCUT2D eigenvalue weighted by Crippen LogP contribution is -2.13. The van der Waals surface area contributed by atoms with E-state index in [-0.39, 0.29) is 5.78 Å². The SMILES string of the molecule is CC(=O)C1=C(C(=Cc2ccccc2)c2ccccc2)OCCC1. The van der Waals surface area contributed by atoms with Gasteiger partial charge in [-0.05, 0) is 37.0 Å². The second-order valence-corrected chi connectivity index (χ2v) is 5.65. The van der Waals surface area contributed by atoms with E-state index < -0.39 is 0 Å². The fraction of sp³-hybridized carbons (Fsp3) is 0.190. The molecule has 0 aromatic heterocycles. The smallest absolute Gasteiger partial charge is 0.159 e. The lowest BCUT2D eigenvalue weighted by atomic mass is 9.93.